The highest BCUT2D eigenvalue weighted by atomic mass is 79.9. The van der Waals surface area contributed by atoms with E-state index in [1.165, 1.54) is 4.90 Å². The molecule has 0 atom stereocenters. The third-order valence-electron chi connectivity index (χ3n) is 3.30. The second-order valence-corrected chi connectivity index (χ2v) is 5.80. The summed E-state index contributed by atoms with van der Waals surface area (Å²) in [4.78, 5) is 13.9. The van der Waals surface area contributed by atoms with Crippen molar-refractivity contribution in [3.63, 3.8) is 0 Å². The summed E-state index contributed by atoms with van der Waals surface area (Å²) in [7, 11) is 3.49. The first-order chi connectivity index (χ1) is 10.5. The number of hydrogen-bond acceptors (Lipinski definition) is 3. The van der Waals surface area contributed by atoms with Crippen LogP contribution in [0.4, 0.5) is 5.82 Å². The Kier molecular flexibility index (Phi) is 3.81. The molecule has 6 nitrogen and oxygen atoms in total. The van der Waals surface area contributed by atoms with E-state index in [0.717, 1.165) is 15.7 Å². The van der Waals surface area contributed by atoms with Crippen LogP contribution in [0.5, 0.6) is 0 Å². The monoisotopic (exact) mass is 359 g/mol. The molecule has 1 N–H and O–H groups in total. The molecule has 0 saturated carbocycles. The Morgan fingerprint density at radius 2 is 2.00 bits per heavy atom. The van der Waals surface area contributed by atoms with Gasteiger partial charge in [0.15, 0.2) is 5.82 Å². The Balaban J connectivity index is 1.84. The first kappa shape index (κ1) is 14.5. The first-order valence-electron chi connectivity index (χ1n) is 6.63. The second-order valence-electron chi connectivity index (χ2n) is 4.89. The Labute approximate surface area is 135 Å². The topological polar surface area (TPSA) is 66.8 Å². The van der Waals surface area contributed by atoms with Gasteiger partial charge < -0.3 is 0 Å². The number of aromatic amines is 1. The van der Waals surface area contributed by atoms with E-state index in [-0.39, 0.29) is 5.91 Å². The van der Waals surface area contributed by atoms with Crippen molar-refractivity contribution in [1.82, 2.24) is 20.0 Å². The van der Waals surface area contributed by atoms with Gasteiger partial charge in [-0.1, -0.05) is 28.1 Å². The van der Waals surface area contributed by atoms with Crippen LogP contribution in [0.3, 0.4) is 0 Å². The lowest BCUT2D eigenvalue weighted by atomic mass is 10.1. The quantitative estimate of drug-likeness (QED) is 0.781. The molecule has 0 radical (unpaired) electrons. The van der Waals surface area contributed by atoms with Crippen LogP contribution in [-0.2, 0) is 7.05 Å². The Morgan fingerprint density at radius 1 is 1.27 bits per heavy atom. The number of benzene rings is 1. The van der Waals surface area contributed by atoms with E-state index in [9.17, 15) is 4.79 Å². The zero-order valence-electron chi connectivity index (χ0n) is 12.1. The third kappa shape index (κ3) is 2.80. The minimum absolute atomic E-state index is 0.186. The summed E-state index contributed by atoms with van der Waals surface area (Å²) in [5.74, 6) is 0.404. The van der Waals surface area contributed by atoms with Gasteiger partial charge in [-0.05, 0) is 18.2 Å². The summed E-state index contributed by atoms with van der Waals surface area (Å²) in [5.41, 5.74) is 2.09. The Morgan fingerprint density at radius 3 is 2.64 bits per heavy atom. The molecule has 3 aromatic rings. The van der Waals surface area contributed by atoms with Gasteiger partial charge in [0.25, 0.3) is 5.91 Å². The third-order valence-corrected chi connectivity index (χ3v) is 3.82. The molecule has 1 aromatic carbocycles. The van der Waals surface area contributed by atoms with Crippen molar-refractivity contribution in [3.05, 3.63) is 52.8 Å². The fourth-order valence-electron chi connectivity index (χ4n) is 2.07. The van der Waals surface area contributed by atoms with Crippen molar-refractivity contribution in [3.8, 4) is 11.3 Å². The van der Waals surface area contributed by atoms with E-state index in [1.807, 2.05) is 31.3 Å². The molecule has 0 aliphatic heterocycles. The highest BCUT2D eigenvalue weighted by molar-refractivity contribution is 9.10. The van der Waals surface area contributed by atoms with E-state index in [0.29, 0.717) is 11.5 Å². The van der Waals surface area contributed by atoms with Crippen LogP contribution in [0, 0.1) is 0 Å². The molecule has 0 bridgehead atoms. The zero-order chi connectivity index (χ0) is 15.7. The maximum absolute atomic E-state index is 12.5. The molecule has 0 unspecified atom stereocenters. The fraction of sp³-hybridized carbons (Fsp3) is 0.133. The number of amides is 1. The van der Waals surface area contributed by atoms with Gasteiger partial charge in [-0.15, -0.1) is 0 Å². The summed E-state index contributed by atoms with van der Waals surface area (Å²) in [6.07, 6.45) is 1.79. The molecule has 0 aliphatic carbocycles. The Bertz CT molecular complexity index is 805. The largest absolute Gasteiger partial charge is 0.293 e. The van der Waals surface area contributed by atoms with Crippen LogP contribution < -0.4 is 4.90 Å². The number of halogens is 1. The molecular formula is C15H14BrN5O. The minimum atomic E-state index is -0.186. The van der Waals surface area contributed by atoms with Crippen molar-refractivity contribution in [2.24, 2.45) is 7.05 Å². The lowest BCUT2D eigenvalue weighted by Gasteiger charge is -2.12. The molecule has 7 heteroatoms. The molecule has 22 heavy (non-hydrogen) atoms. The standard InChI is InChI=1S/C15H14BrN5O/c1-20-8-7-14(19-20)21(2)15(22)13-9-12(17-18-13)10-3-5-11(16)6-4-10/h3-9H,1-2H3,(H,17,18). The van der Waals surface area contributed by atoms with Crippen LogP contribution in [0.25, 0.3) is 11.3 Å². The molecule has 112 valence electrons. The smallest absolute Gasteiger partial charge is 0.277 e. The number of rotatable bonds is 3. The van der Waals surface area contributed by atoms with E-state index in [2.05, 4.69) is 31.2 Å². The number of carbonyl (C=O) groups excluding carboxylic acids is 1. The van der Waals surface area contributed by atoms with Crippen molar-refractivity contribution >= 4 is 27.7 Å². The van der Waals surface area contributed by atoms with Crippen LogP contribution in [0.2, 0.25) is 0 Å². The van der Waals surface area contributed by atoms with E-state index >= 15 is 0 Å². The number of anilines is 1. The number of carbonyl (C=O) groups is 1. The highest BCUT2D eigenvalue weighted by Gasteiger charge is 2.18. The average Bonchev–Trinajstić information content (AvgIpc) is 3.15. The van der Waals surface area contributed by atoms with Gasteiger partial charge in [0.1, 0.15) is 5.69 Å². The summed E-state index contributed by atoms with van der Waals surface area (Å²) in [6, 6.07) is 11.3. The molecule has 1 amide bonds. The van der Waals surface area contributed by atoms with Crippen molar-refractivity contribution in [1.29, 1.82) is 0 Å². The van der Waals surface area contributed by atoms with E-state index in [4.69, 9.17) is 0 Å². The fourth-order valence-corrected chi connectivity index (χ4v) is 2.33. The predicted octanol–water partition coefficient (Wildman–Crippen LogP) is 2.85. The number of nitrogens with one attached hydrogen (secondary N) is 1. The van der Waals surface area contributed by atoms with Crippen molar-refractivity contribution in [2.45, 2.75) is 0 Å². The lowest BCUT2D eigenvalue weighted by molar-refractivity contribution is 0.0987. The molecule has 0 aliphatic rings. The average molecular weight is 360 g/mol. The number of aryl methyl sites for hydroxylation is 1. The summed E-state index contributed by atoms with van der Waals surface area (Å²) >= 11 is 3.40. The molecular weight excluding hydrogens is 346 g/mol. The highest BCUT2D eigenvalue weighted by Crippen LogP contribution is 2.21. The number of nitrogens with zero attached hydrogens (tertiary/aromatic N) is 4. The first-order valence-corrected chi connectivity index (χ1v) is 7.43. The van der Waals surface area contributed by atoms with Gasteiger partial charge in [-0.3, -0.25) is 19.5 Å². The van der Waals surface area contributed by atoms with Gasteiger partial charge in [0, 0.05) is 36.4 Å². The molecule has 2 aromatic heterocycles. The summed E-state index contributed by atoms with van der Waals surface area (Å²) in [5, 5.41) is 11.2. The molecule has 0 fully saturated rings. The van der Waals surface area contributed by atoms with Crippen molar-refractivity contribution in [2.75, 3.05) is 11.9 Å². The van der Waals surface area contributed by atoms with Gasteiger partial charge in [0.2, 0.25) is 0 Å². The molecule has 0 spiro atoms. The van der Waals surface area contributed by atoms with E-state index < -0.39 is 0 Å². The molecule has 3 rings (SSSR count). The Hall–Kier alpha value is -2.41. The van der Waals surface area contributed by atoms with Gasteiger partial charge in [-0.25, -0.2) is 0 Å². The predicted molar refractivity (Wildman–Crippen MR) is 87.7 cm³/mol. The van der Waals surface area contributed by atoms with E-state index in [1.54, 1.807) is 30.1 Å². The SMILES string of the molecule is CN(C(=O)c1cc(-c2ccc(Br)cc2)n[nH]1)c1ccn(C)n1. The van der Waals surface area contributed by atoms with Crippen LogP contribution in [0.1, 0.15) is 10.5 Å². The van der Waals surface area contributed by atoms with Gasteiger partial charge in [-0.2, -0.15) is 10.2 Å². The lowest BCUT2D eigenvalue weighted by Crippen LogP contribution is -2.27. The van der Waals surface area contributed by atoms with Crippen LogP contribution in [-0.4, -0.2) is 32.9 Å². The van der Waals surface area contributed by atoms with Crippen LogP contribution in [0.15, 0.2) is 47.1 Å². The minimum Gasteiger partial charge on any atom is -0.293 e. The number of aromatic nitrogens is 4. The maximum Gasteiger partial charge on any atom is 0.277 e. The maximum atomic E-state index is 12.5. The number of hydrogen-bond donors (Lipinski definition) is 1. The summed E-state index contributed by atoms with van der Waals surface area (Å²) < 4.78 is 2.65. The van der Waals surface area contributed by atoms with Gasteiger partial charge >= 0.3 is 0 Å². The summed E-state index contributed by atoms with van der Waals surface area (Å²) in [6.45, 7) is 0. The zero-order valence-corrected chi connectivity index (χ0v) is 13.7. The number of H-pyrrole nitrogens is 1. The van der Waals surface area contributed by atoms with Crippen molar-refractivity contribution < 1.29 is 4.79 Å². The normalized spacial score (nSPS) is 10.7. The molecule has 0 saturated heterocycles. The molecule has 2 heterocycles. The van der Waals surface area contributed by atoms with Crippen LogP contribution >= 0.6 is 15.9 Å². The second kappa shape index (κ2) is 5.76. The van der Waals surface area contributed by atoms with Gasteiger partial charge in [0.05, 0.1) is 5.69 Å².